The van der Waals surface area contributed by atoms with E-state index in [-0.39, 0.29) is 5.82 Å². The molecule has 0 aliphatic rings. The quantitative estimate of drug-likeness (QED) is 0.948. The summed E-state index contributed by atoms with van der Waals surface area (Å²) in [4.78, 5) is 0. The fourth-order valence-electron chi connectivity index (χ4n) is 2.12. The summed E-state index contributed by atoms with van der Waals surface area (Å²) in [5.74, 6) is 0.564. The molecule has 0 atom stereocenters. The van der Waals surface area contributed by atoms with Crippen LogP contribution in [0.1, 0.15) is 25.3 Å². The lowest BCUT2D eigenvalue weighted by molar-refractivity contribution is 0.606. The lowest BCUT2D eigenvalue weighted by Gasteiger charge is -2.09. The number of hydrogen-bond donors (Lipinski definition) is 1. The van der Waals surface area contributed by atoms with Gasteiger partial charge in [0.25, 0.3) is 0 Å². The van der Waals surface area contributed by atoms with Crippen molar-refractivity contribution in [2.75, 3.05) is 11.0 Å². The van der Waals surface area contributed by atoms with E-state index in [4.69, 9.17) is 11.6 Å². The van der Waals surface area contributed by atoms with Gasteiger partial charge >= 0.3 is 0 Å². The number of nitrogens with one attached hydrogen (secondary N) is 1. The highest BCUT2D eigenvalue weighted by atomic mass is 35.5. The van der Waals surface area contributed by atoms with Gasteiger partial charge in [-0.1, -0.05) is 31.5 Å². The molecule has 0 fully saturated rings. The van der Waals surface area contributed by atoms with Gasteiger partial charge in [0.1, 0.15) is 0 Å². The van der Waals surface area contributed by atoms with Crippen molar-refractivity contribution in [1.29, 1.82) is 0 Å². The molecule has 104 valence electrons. The van der Waals surface area contributed by atoms with Crippen LogP contribution in [0.15, 0.2) is 12.1 Å². The van der Waals surface area contributed by atoms with Gasteiger partial charge in [-0.3, -0.25) is 9.40 Å². The van der Waals surface area contributed by atoms with Crippen LogP contribution in [0.3, 0.4) is 0 Å². The van der Waals surface area contributed by atoms with E-state index < -0.39 is 10.0 Å². The van der Waals surface area contributed by atoms with E-state index in [1.165, 1.54) is 0 Å². The Morgan fingerprint density at radius 3 is 2.53 bits per heavy atom. The van der Waals surface area contributed by atoms with E-state index in [0.29, 0.717) is 16.3 Å². The Hall–Kier alpha value is -1.27. The Kier molecular flexibility index (Phi) is 3.49. The van der Waals surface area contributed by atoms with E-state index in [0.717, 1.165) is 17.3 Å². The number of sulfonamides is 1. The molecule has 0 radical (unpaired) electrons. The van der Waals surface area contributed by atoms with Gasteiger partial charge in [-0.05, 0) is 17.5 Å². The molecule has 1 N–H and O–H groups in total. The Bertz CT molecular complexity index is 735. The molecule has 0 aliphatic carbocycles. The number of hydrogen-bond acceptors (Lipinski definition) is 3. The van der Waals surface area contributed by atoms with Crippen molar-refractivity contribution in [1.82, 2.24) is 9.78 Å². The predicted octanol–water partition coefficient (Wildman–Crippen LogP) is 2.72. The smallest absolute Gasteiger partial charge is 0.231 e. The fourth-order valence-corrected chi connectivity index (χ4v) is 2.86. The number of rotatable bonds is 3. The van der Waals surface area contributed by atoms with Crippen LogP contribution in [0.25, 0.3) is 10.9 Å². The molecule has 0 bridgehead atoms. The van der Waals surface area contributed by atoms with Crippen LogP contribution in [-0.2, 0) is 17.1 Å². The van der Waals surface area contributed by atoms with Crippen LogP contribution >= 0.6 is 11.6 Å². The fraction of sp³-hybridized carbons (Fsp3) is 0.417. The number of anilines is 1. The molecule has 0 saturated heterocycles. The Morgan fingerprint density at radius 2 is 2.00 bits per heavy atom. The van der Waals surface area contributed by atoms with Gasteiger partial charge in [0.2, 0.25) is 10.0 Å². The van der Waals surface area contributed by atoms with Crippen LogP contribution < -0.4 is 4.72 Å². The molecule has 1 heterocycles. The topological polar surface area (TPSA) is 64.0 Å². The van der Waals surface area contributed by atoms with Crippen molar-refractivity contribution in [2.24, 2.45) is 7.05 Å². The highest BCUT2D eigenvalue weighted by Gasteiger charge is 2.18. The van der Waals surface area contributed by atoms with E-state index in [2.05, 4.69) is 23.7 Å². The predicted molar refractivity (Wildman–Crippen MR) is 78.3 cm³/mol. The minimum atomic E-state index is -3.39. The maximum absolute atomic E-state index is 11.4. The largest absolute Gasteiger partial charge is 0.266 e. The monoisotopic (exact) mass is 301 g/mol. The molecule has 0 unspecified atom stereocenters. The lowest BCUT2D eigenvalue weighted by Crippen LogP contribution is -2.10. The maximum Gasteiger partial charge on any atom is 0.231 e. The highest BCUT2D eigenvalue weighted by molar-refractivity contribution is 7.92. The Morgan fingerprint density at radius 1 is 1.37 bits per heavy atom. The minimum absolute atomic E-state index is 0.271. The summed E-state index contributed by atoms with van der Waals surface area (Å²) in [5, 5.41) is 5.35. The number of aromatic nitrogens is 2. The van der Waals surface area contributed by atoms with Crippen molar-refractivity contribution < 1.29 is 8.42 Å². The number of benzene rings is 1. The first-order chi connectivity index (χ1) is 8.70. The number of fused-ring (bicyclic) bond motifs is 1. The van der Waals surface area contributed by atoms with Crippen molar-refractivity contribution >= 4 is 38.3 Å². The van der Waals surface area contributed by atoms with E-state index in [1.807, 2.05) is 6.07 Å². The third-order valence-electron chi connectivity index (χ3n) is 2.87. The molecule has 5 nitrogen and oxygen atoms in total. The number of halogens is 1. The van der Waals surface area contributed by atoms with E-state index in [1.54, 1.807) is 17.8 Å². The Balaban J connectivity index is 2.80. The molecule has 19 heavy (non-hydrogen) atoms. The first-order valence-electron chi connectivity index (χ1n) is 5.83. The zero-order chi connectivity index (χ0) is 14.4. The summed E-state index contributed by atoms with van der Waals surface area (Å²) in [6, 6.07) is 3.72. The molecule has 0 saturated carbocycles. The molecule has 2 aromatic rings. The van der Waals surface area contributed by atoms with Crippen molar-refractivity contribution in [3.8, 4) is 0 Å². The number of aryl methyl sites for hydroxylation is 1. The van der Waals surface area contributed by atoms with Crippen LogP contribution in [0.5, 0.6) is 0 Å². The van der Waals surface area contributed by atoms with Gasteiger partial charge in [-0.25, -0.2) is 8.42 Å². The van der Waals surface area contributed by atoms with Gasteiger partial charge in [0.05, 0.1) is 22.2 Å². The second-order valence-corrected chi connectivity index (χ2v) is 7.02. The lowest BCUT2D eigenvalue weighted by atomic mass is 10.0. The van der Waals surface area contributed by atoms with Crippen molar-refractivity contribution in [2.45, 2.75) is 19.8 Å². The summed E-state index contributed by atoms with van der Waals surface area (Å²) >= 11 is 6.19. The first-order valence-corrected chi connectivity index (χ1v) is 8.10. The average molecular weight is 302 g/mol. The zero-order valence-corrected chi connectivity index (χ0v) is 12.8. The molecule has 7 heteroatoms. The van der Waals surface area contributed by atoms with Crippen LogP contribution in [0.4, 0.5) is 5.82 Å². The molecule has 0 aliphatic heterocycles. The summed E-state index contributed by atoms with van der Waals surface area (Å²) < 4.78 is 26.8. The van der Waals surface area contributed by atoms with Gasteiger partial charge in [-0.15, -0.1) is 0 Å². The van der Waals surface area contributed by atoms with Gasteiger partial charge < -0.3 is 0 Å². The second-order valence-electron chi connectivity index (χ2n) is 4.86. The average Bonchev–Trinajstić information content (AvgIpc) is 2.54. The molecular formula is C12H16ClN3O2S. The van der Waals surface area contributed by atoms with Crippen LogP contribution in [0.2, 0.25) is 5.02 Å². The maximum atomic E-state index is 11.4. The summed E-state index contributed by atoms with van der Waals surface area (Å²) in [6.45, 7) is 4.14. The summed E-state index contributed by atoms with van der Waals surface area (Å²) in [7, 11) is -1.61. The minimum Gasteiger partial charge on any atom is -0.266 e. The van der Waals surface area contributed by atoms with E-state index in [9.17, 15) is 8.42 Å². The molecule has 0 amide bonds. The number of nitrogens with zero attached hydrogens (tertiary/aromatic N) is 2. The van der Waals surface area contributed by atoms with Gasteiger partial charge in [0, 0.05) is 7.05 Å². The summed E-state index contributed by atoms with van der Waals surface area (Å²) in [6.07, 6.45) is 1.09. The first kappa shape index (κ1) is 14.1. The van der Waals surface area contributed by atoms with E-state index >= 15 is 0 Å². The molecule has 1 aromatic carbocycles. The van der Waals surface area contributed by atoms with Crippen molar-refractivity contribution in [3.05, 3.63) is 22.7 Å². The highest BCUT2D eigenvalue weighted by Crippen LogP contribution is 2.35. The third kappa shape index (κ3) is 2.69. The van der Waals surface area contributed by atoms with Crippen molar-refractivity contribution in [3.63, 3.8) is 0 Å². The third-order valence-corrected chi connectivity index (χ3v) is 3.75. The second kappa shape index (κ2) is 4.68. The molecular weight excluding hydrogens is 286 g/mol. The molecule has 1 aromatic heterocycles. The molecule has 0 spiro atoms. The Labute approximate surface area is 117 Å². The zero-order valence-electron chi connectivity index (χ0n) is 11.2. The van der Waals surface area contributed by atoms with Gasteiger partial charge in [0.15, 0.2) is 5.82 Å². The van der Waals surface area contributed by atoms with Crippen LogP contribution in [0, 0.1) is 0 Å². The standard InChI is InChI=1S/C12H16ClN3O2S/c1-7(2)8-5-6-9(13)10-11(8)16(3)14-12(10)15-19(4,17)18/h5-7H,1-4H3,(H,14,15). The molecule has 2 rings (SSSR count). The summed E-state index contributed by atoms with van der Waals surface area (Å²) in [5.41, 5.74) is 1.93. The van der Waals surface area contributed by atoms with Crippen LogP contribution in [-0.4, -0.2) is 24.5 Å². The normalized spacial score (nSPS) is 12.3. The SMILES string of the molecule is CC(C)c1ccc(Cl)c2c(NS(C)(=O)=O)nn(C)c12. The van der Waals surface area contributed by atoms with Gasteiger partial charge in [-0.2, -0.15) is 5.10 Å².